The van der Waals surface area contributed by atoms with Crippen LogP contribution >= 0.6 is 0 Å². The van der Waals surface area contributed by atoms with Crippen molar-refractivity contribution in [2.45, 2.75) is 78.6 Å². The zero-order valence-electron chi connectivity index (χ0n) is 15.3. The van der Waals surface area contributed by atoms with Gasteiger partial charge in [0.15, 0.2) is 0 Å². The zero-order chi connectivity index (χ0) is 16.9. The van der Waals surface area contributed by atoms with Crippen LogP contribution in [0.1, 0.15) is 54.9 Å². The van der Waals surface area contributed by atoms with E-state index in [4.69, 9.17) is 9.47 Å². The predicted octanol–water partition coefficient (Wildman–Crippen LogP) is 3.04. The first kappa shape index (κ1) is 19.2. The second-order valence-corrected chi connectivity index (χ2v) is 7.74. The Kier molecular flexibility index (Phi) is 7.13. The van der Waals surface area contributed by atoms with Crippen molar-refractivity contribution < 1.29 is 14.3 Å². The molecule has 5 heteroatoms. The number of morpholine rings is 1. The van der Waals surface area contributed by atoms with Gasteiger partial charge in [-0.3, -0.25) is 0 Å². The minimum atomic E-state index is -0.462. The number of ether oxygens (including phenoxy) is 2. The number of rotatable bonds is 5. The summed E-state index contributed by atoms with van der Waals surface area (Å²) in [7, 11) is 0. The fraction of sp³-hybridized carbons (Fsp3) is 0.941. The van der Waals surface area contributed by atoms with E-state index in [0.29, 0.717) is 37.8 Å². The van der Waals surface area contributed by atoms with E-state index in [1.807, 2.05) is 25.7 Å². The Labute approximate surface area is 135 Å². The van der Waals surface area contributed by atoms with Crippen LogP contribution in [0.25, 0.3) is 0 Å². The van der Waals surface area contributed by atoms with Gasteiger partial charge in [-0.15, -0.1) is 0 Å². The maximum absolute atomic E-state index is 12.4. The van der Waals surface area contributed by atoms with E-state index in [0.717, 1.165) is 6.42 Å². The van der Waals surface area contributed by atoms with Gasteiger partial charge in [-0.05, 0) is 47.0 Å². The van der Waals surface area contributed by atoms with Crippen LogP contribution in [0, 0.1) is 5.92 Å². The lowest BCUT2D eigenvalue weighted by molar-refractivity contribution is -0.0358. The highest BCUT2D eigenvalue weighted by atomic mass is 16.6. The van der Waals surface area contributed by atoms with Crippen LogP contribution in [0.5, 0.6) is 0 Å². The fourth-order valence-corrected chi connectivity index (χ4v) is 2.53. The van der Waals surface area contributed by atoms with Crippen molar-refractivity contribution in [2.75, 3.05) is 19.8 Å². The molecule has 1 N–H and O–H groups in total. The molecule has 1 aliphatic heterocycles. The van der Waals surface area contributed by atoms with Gasteiger partial charge in [0.05, 0.1) is 19.3 Å². The molecule has 0 spiro atoms. The summed E-state index contributed by atoms with van der Waals surface area (Å²) in [6, 6.07) is 0.856. The molecule has 1 rings (SSSR count). The van der Waals surface area contributed by atoms with E-state index >= 15 is 0 Å². The summed E-state index contributed by atoms with van der Waals surface area (Å²) in [5.41, 5.74) is -0.462. The van der Waals surface area contributed by atoms with Crippen molar-refractivity contribution in [1.29, 1.82) is 0 Å². The third-order valence-corrected chi connectivity index (χ3v) is 4.03. The number of nitrogens with one attached hydrogen (secondary N) is 1. The molecule has 1 fully saturated rings. The number of hydrogen-bond acceptors (Lipinski definition) is 4. The fourth-order valence-electron chi connectivity index (χ4n) is 2.53. The molecular weight excluding hydrogens is 280 g/mol. The Morgan fingerprint density at radius 2 is 1.95 bits per heavy atom. The maximum atomic E-state index is 12.4. The van der Waals surface area contributed by atoms with E-state index in [2.05, 4.69) is 33.0 Å². The number of hydrogen-bond donors (Lipinski definition) is 1. The molecule has 1 amide bonds. The lowest BCUT2D eigenvalue weighted by Crippen LogP contribution is -2.52. The Morgan fingerprint density at radius 3 is 2.50 bits per heavy atom. The summed E-state index contributed by atoms with van der Waals surface area (Å²) in [4.78, 5) is 14.2. The first-order valence-electron chi connectivity index (χ1n) is 8.43. The lowest BCUT2D eigenvalue weighted by Gasteiger charge is -2.38. The predicted molar refractivity (Wildman–Crippen MR) is 89.1 cm³/mol. The summed E-state index contributed by atoms with van der Waals surface area (Å²) >= 11 is 0. The normalized spacial score (nSPS) is 22.5. The molecule has 3 atom stereocenters. The molecular formula is C17H34N2O3. The van der Waals surface area contributed by atoms with Crippen molar-refractivity contribution in [3.63, 3.8) is 0 Å². The van der Waals surface area contributed by atoms with E-state index < -0.39 is 5.60 Å². The smallest absolute Gasteiger partial charge is 0.410 e. The van der Waals surface area contributed by atoms with Crippen molar-refractivity contribution in [3.8, 4) is 0 Å². The minimum Gasteiger partial charge on any atom is -0.444 e. The highest BCUT2D eigenvalue weighted by molar-refractivity contribution is 5.68. The van der Waals surface area contributed by atoms with Gasteiger partial charge in [-0.25, -0.2) is 4.79 Å². The topological polar surface area (TPSA) is 50.8 Å². The van der Waals surface area contributed by atoms with Gasteiger partial charge in [0, 0.05) is 18.6 Å². The lowest BCUT2D eigenvalue weighted by atomic mass is 10.0. The van der Waals surface area contributed by atoms with E-state index in [1.54, 1.807) is 0 Å². The molecule has 0 radical (unpaired) electrons. The monoisotopic (exact) mass is 314 g/mol. The van der Waals surface area contributed by atoms with Crippen LogP contribution in [0.3, 0.4) is 0 Å². The second-order valence-electron chi connectivity index (χ2n) is 7.74. The molecule has 1 saturated heterocycles. The molecule has 130 valence electrons. The standard InChI is InChI=1S/C17H34N2O3/c1-12(2)14(4)18-13(3)10-15-11-21-9-8-19(15)16(20)22-17(5,6)7/h12-15,18H,8-11H2,1-7H3. The van der Waals surface area contributed by atoms with Crippen LogP contribution in [0.15, 0.2) is 0 Å². The van der Waals surface area contributed by atoms with Crippen molar-refractivity contribution >= 4 is 6.09 Å². The molecule has 0 bridgehead atoms. The molecule has 22 heavy (non-hydrogen) atoms. The SMILES string of the molecule is CC(CC1COCCN1C(=O)OC(C)(C)C)NC(C)C(C)C. The van der Waals surface area contributed by atoms with Crippen LogP contribution in [0.2, 0.25) is 0 Å². The van der Waals surface area contributed by atoms with Gasteiger partial charge < -0.3 is 19.7 Å². The molecule has 0 aromatic carbocycles. The molecule has 1 heterocycles. The minimum absolute atomic E-state index is 0.0745. The van der Waals surface area contributed by atoms with Gasteiger partial charge in [0.25, 0.3) is 0 Å². The summed E-state index contributed by atoms with van der Waals surface area (Å²) in [6.45, 7) is 16.2. The van der Waals surface area contributed by atoms with Crippen LogP contribution < -0.4 is 5.32 Å². The first-order chi connectivity index (χ1) is 10.1. The average molecular weight is 314 g/mol. The highest BCUT2D eigenvalue weighted by Crippen LogP contribution is 2.18. The van der Waals surface area contributed by atoms with E-state index in [-0.39, 0.29) is 12.1 Å². The molecule has 0 aromatic heterocycles. The number of nitrogens with zero attached hydrogens (tertiary/aromatic N) is 1. The summed E-state index contributed by atoms with van der Waals surface area (Å²) in [5, 5.41) is 3.60. The molecule has 5 nitrogen and oxygen atoms in total. The Morgan fingerprint density at radius 1 is 1.32 bits per heavy atom. The van der Waals surface area contributed by atoms with Crippen LogP contribution in [-0.4, -0.2) is 54.5 Å². The molecule has 0 aliphatic carbocycles. The average Bonchev–Trinajstić information content (AvgIpc) is 2.36. The second kappa shape index (κ2) is 8.16. The summed E-state index contributed by atoms with van der Waals surface area (Å²) < 4.78 is 11.1. The third-order valence-electron chi connectivity index (χ3n) is 4.03. The largest absolute Gasteiger partial charge is 0.444 e. The Balaban J connectivity index is 2.59. The highest BCUT2D eigenvalue weighted by Gasteiger charge is 2.32. The maximum Gasteiger partial charge on any atom is 0.410 e. The first-order valence-corrected chi connectivity index (χ1v) is 8.43. The molecule has 1 aliphatic rings. The van der Waals surface area contributed by atoms with Gasteiger partial charge in [0.1, 0.15) is 5.60 Å². The number of amides is 1. The van der Waals surface area contributed by atoms with E-state index in [9.17, 15) is 4.79 Å². The molecule has 0 aromatic rings. The zero-order valence-corrected chi connectivity index (χ0v) is 15.3. The van der Waals surface area contributed by atoms with Crippen molar-refractivity contribution in [1.82, 2.24) is 10.2 Å². The molecule has 0 saturated carbocycles. The number of carbonyl (C=O) groups excluding carboxylic acids is 1. The Hall–Kier alpha value is -0.810. The van der Waals surface area contributed by atoms with E-state index in [1.165, 1.54) is 0 Å². The summed E-state index contributed by atoms with van der Waals surface area (Å²) in [6.07, 6.45) is 0.640. The van der Waals surface area contributed by atoms with Gasteiger partial charge >= 0.3 is 6.09 Å². The van der Waals surface area contributed by atoms with Crippen molar-refractivity contribution in [2.24, 2.45) is 5.92 Å². The number of carbonyl (C=O) groups is 1. The van der Waals surface area contributed by atoms with Gasteiger partial charge in [-0.1, -0.05) is 13.8 Å². The molecule has 3 unspecified atom stereocenters. The van der Waals surface area contributed by atoms with Crippen LogP contribution in [-0.2, 0) is 9.47 Å². The Bertz CT molecular complexity index is 352. The quantitative estimate of drug-likeness (QED) is 0.847. The van der Waals surface area contributed by atoms with Gasteiger partial charge in [0.2, 0.25) is 0 Å². The van der Waals surface area contributed by atoms with Crippen molar-refractivity contribution in [3.05, 3.63) is 0 Å². The third kappa shape index (κ3) is 6.53. The van der Waals surface area contributed by atoms with Gasteiger partial charge in [-0.2, -0.15) is 0 Å². The summed E-state index contributed by atoms with van der Waals surface area (Å²) in [5.74, 6) is 0.590. The van der Waals surface area contributed by atoms with Crippen LogP contribution in [0.4, 0.5) is 4.79 Å².